The van der Waals surface area contributed by atoms with E-state index in [1.807, 2.05) is 24.3 Å². The van der Waals surface area contributed by atoms with Gasteiger partial charge in [0.2, 0.25) is 5.88 Å². The van der Waals surface area contributed by atoms with Crippen molar-refractivity contribution in [3.63, 3.8) is 0 Å². The Bertz CT molecular complexity index is 694. The highest BCUT2D eigenvalue weighted by atomic mass is 16.5. The fourth-order valence-corrected chi connectivity index (χ4v) is 3.09. The number of carbonyl (C=O) groups is 1. The molecule has 132 valence electrons. The summed E-state index contributed by atoms with van der Waals surface area (Å²) in [5.41, 5.74) is 2.49. The zero-order valence-corrected chi connectivity index (χ0v) is 14.3. The second-order valence-electron chi connectivity index (χ2n) is 6.49. The summed E-state index contributed by atoms with van der Waals surface area (Å²) in [6.45, 7) is 1.39. The predicted molar refractivity (Wildman–Crippen MR) is 95.7 cm³/mol. The third-order valence-electron chi connectivity index (χ3n) is 4.50. The number of carboxylic acid groups (broad SMARTS) is 1. The van der Waals surface area contributed by atoms with Crippen molar-refractivity contribution in [2.24, 2.45) is 0 Å². The van der Waals surface area contributed by atoms with E-state index in [0.717, 1.165) is 24.0 Å². The molecule has 0 spiro atoms. The van der Waals surface area contributed by atoms with Crippen molar-refractivity contribution in [2.75, 3.05) is 0 Å². The Morgan fingerprint density at radius 1 is 1.08 bits per heavy atom. The molecule has 1 aromatic carbocycles. The van der Waals surface area contributed by atoms with Crippen molar-refractivity contribution in [3.8, 4) is 5.88 Å². The van der Waals surface area contributed by atoms with Crippen molar-refractivity contribution in [3.05, 3.63) is 59.3 Å². The zero-order valence-electron chi connectivity index (χ0n) is 14.3. The first-order valence-corrected chi connectivity index (χ1v) is 8.85. The van der Waals surface area contributed by atoms with Gasteiger partial charge in [0, 0.05) is 25.4 Å². The Morgan fingerprint density at radius 3 is 2.52 bits per heavy atom. The molecule has 1 fully saturated rings. The standard InChI is InChI=1S/C20H24N2O3/c23-20(24)17-8-6-15(7-9-17)13-21-14-16-10-11-22-19(12-16)25-18-4-2-1-3-5-18/h6-12,18,21H,1-5,13-14H2,(H,23,24). The van der Waals surface area contributed by atoms with Crippen LogP contribution in [0, 0.1) is 0 Å². The molecule has 1 aliphatic rings. The highest BCUT2D eigenvalue weighted by Crippen LogP contribution is 2.22. The third-order valence-corrected chi connectivity index (χ3v) is 4.50. The van der Waals surface area contributed by atoms with E-state index in [9.17, 15) is 4.79 Å². The van der Waals surface area contributed by atoms with Crippen LogP contribution in [0.5, 0.6) is 5.88 Å². The van der Waals surface area contributed by atoms with Crippen molar-refractivity contribution in [1.82, 2.24) is 10.3 Å². The van der Waals surface area contributed by atoms with Gasteiger partial charge < -0.3 is 15.2 Å². The average Bonchev–Trinajstić information content (AvgIpc) is 2.63. The van der Waals surface area contributed by atoms with Gasteiger partial charge in [-0.05, 0) is 55.0 Å². The lowest BCUT2D eigenvalue weighted by molar-refractivity contribution is 0.0697. The number of pyridine rings is 1. The minimum absolute atomic E-state index is 0.303. The fraction of sp³-hybridized carbons (Fsp3) is 0.400. The molecule has 0 bridgehead atoms. The lowest BCUT2D eigenvalue weighted by Gasteiger charge is -2.22. The van der Waals surface area contributed by atoms with Gasteiger partial charge in [0.05, 0.1) is 5.56 Å². The highest BCUT2D eigenvalue weighted by molar-refractivity contribution is 5.87. The largest absolute Gasteiger partial charge is 0.478 e. The van der Waals surface area contributed by atoms with Gasteiger partial charge in [-0.2, -0.15) is 0 Å². The third kappa shape index (κ3) is 5.29. The lowest BCUT2D eigenvalue weighted by Crippen LogP contribution is -2.20. The first kappa shape index (κ1) is 17.4. The van der Waals surface area contributed by atoms with Crippen LogP contribution < -0.4 is 10.1 Å². The second-order valence-corrected chi connectivity index (χ2v) is 6.49. The second kappa shape index (κ2) is 8.62. The van der Waals surface area contributed by atoms with Crippen molar-refractivity contribution >= 4 is 5.97 Å². The summed E-state index contributed by atoms with van der Waals surface area (Å²) in [5.74, 6) is -0.196. The Kier molecular flexibility index (Phi) is 6.01. The minimum Gasteiger partial charge on any atom is -0.478 e. The van der Waals surface area contributed by atoms with E-state index in [-0.39, 0.29) is 0 Å². The van der Waals surface area contributed by atoms with E-state index in [2.05, 4.69) is 10.3 Å². The number of carboxylic acids is 1. The van der Waals surface area contributed by atoms with E-state index in [0.29, 0.717) is 30.6 Å². The van der Waals surface area contributed by atoms with Crippen LogP contribution in [0.3, 0.4) is 0 Å². The smallest absolute Gasteiger partial charge is 0.335 e. The Hall–Kier alpha value is -2.40. The molecule has 0 amide bonds. The van der Waals surface area contributed by atoms with Crippen LogP contribution in [-0.4, -0.2) is 22.2 Å². The quantitative estimate of drug-likeness (QED) is 0.802. The number of nitrogens with one attached hydrogen (secondary N) is 1. The molecule has 3 rings (SSSR count). The molecule has 5 nitrogen and oxygen atoms in total. The summed E-state index contributed by atoms with van der Waals surface area (Å²) in [6.07, 6.45) is 8.13. The number of hydrogen-bond acceptors (Lipinski definition) is 4. The molecule has 0 radical (unpaired) electrons. The maximum atomic E-state index is 10.9. The van der Waals surface area contributed by atoms with E-state index >= 15 is 0 Å². The molecule has 2 aromatic rings. The summed E-state index contributed by atoms with van der Waals surface area (Å²) in [6, 6.07) is 10.9. The molecule has 1 saturated carbocycles. The van der Waals surface area contributed by atoms with Crippen molar-refractivity contribution < 1.29 is 14.6 Å². The maximum absolute atomic E-state index is 10.9. The van der Waals surface area contributed by atoms with Crippen LogP contribution in [0.25, 0.3) is 0 Å². The van der Waals surface area contributed by atoms with Gasteiger partial charge in [0.25, 0.3) is 0 Å². The SMILES string of the molecule is O=C(O)c1ccc(CNCc2ccnc(OC3CCCCC3)c2)cc1. The van der Waals surface area contributed by atoms with Gasteiger partial charge in [-0.1, -0.05) is 18.6 Å². The number of aromatic carboxylic acids is 1. The minimum atomic E-state index is -0.901. The summed E-state index contributed by atoms with van der Waals surface area (Å²) in [4.78, 5) is 15.2. The highest BCUT2D eigenvalue weighted by Gasteiger charge is 2.15. The molecule has 0 unspecified atom stereocenters. The van der Waals surface area contributed by atoms with Crippen molar-refractivity contribution in [1.29, 1.82) is 0 Å². The number of benzene rings is 1. The van der Waals surface area contributed by atoms with E-state index in [1.165, 1.54) is 19.3 Å². The van der Waals surface area contributed by atoms with E-state index < -0.39 is 5.97 Å². The molecule has 0 saturated heterocycles. The van der Waals surface area contributed by atoms with Gasteiger partial charge in [0.1, 0.15) is 6.10 Å². The fourth-order valence-electron chi connectivity index (χ4n) is 3.09. The molecular formula is C20H24N2O3. The van der Waals surface area contributed by atoms with Gasteiger partial charge in [-0.3, -0.25) is 0 Å². The molecule has 0 aliphatic heterocycles. The van der Waals surface area contributed by atoms with Gasteiger partial charge in [0.15, 0.2) is 0 Å². The zero-order chi connectivity index (χ0) is 17.5. The van der Waals surface area contributed by atoms with Crippen LogP contribution >= 0.6 is 0 Å². The van der Waals surface area contributed by atoms with Gasteiger partial charge in [-0.25, -0.2) is 9.78 Å². The number of rotatable bonds is 7. The Balaban J connectivity index is 1.49. The van der Waals surface area contributed by atoms with E-state index in [4.69, 9.17) is 9.84 Å². The molecule has 1 aliphatic carbocycles. The molecule has 1 aromatic heterocycles. The van der Waals surface area contributed by atoms with Crippen LogP contribution in [0.1, 0.15) is 53.6 Å². The molecule has 25 heavy (non-hydrogen) atoms. The van der Waals surface area contributed by atoms with E-state index in [1.54, 1.807) is 18.3 Å². The van der Waals surface area contributed by atoms with Crippen molar-refractivity contribution in [2.45, 2.75) is 51.3 Å². The van der Waals surface area contributed by atoms with Crippen LogP contribution in [-0.2, 0) is 13.1 Å². The normalized spacial score (nSPS) is 15.0. The van der Waals surface area contributed by atoms with Crippen LogP contribution in [0.2, 0.25) is 0 Å². The molecular weight excluding hydrogens is 316 g/mol. The topological polar surface area (TPSA) is 71.5 Å². The first-order chi connectivity index (χ1) is 12.2. The summed E-state index contributed by atoms with van der Waals surface area (Å²) in [5, 5.41) is 12.3. The summed E-state index contributed by atoms with van der Waals surface area (Å²) >= 11 is 0. The number of nitrogens with zero attached hydrogens (tertiary/aromatic N) is 1. The number of hydrogen-bond donors (Lipinski definition) is 2. The molecule has 0 atom stereocenters. The molecule has 5 heteroatoms. The number of ether oxygens (including phenoxy) is 1. The summed E-state index contributed by atoms with van der Waals surface area (Å²) < 4.78 is 6.00. The summed E-state index contributed by atoms with van der Waals surface area (Å²) in [7, 11) is 0. The van der Waals surface area contributed by atoms with Gasteiger partial charge >= 0.3 is 5.97 Å². The number of aromatic nitrogens is 1. The predicted octanol–water partition coefficient (Wildman–Crippen LogP) is 3.78. The van der Waals surface area contributed by atoms with Crippen LogP contribution in [0.15, 0.2) is 42.6 Å². The Labute approximate surface area is 148 Å². The molecule has 1 heterocycles. The molecule has 2 N–H and O–H groups in total. The maximum Gasteiger partial charge on any atom is 0.335 e. The van der Waals surface area contributed by atoms with Gasteiger partial charge in [-0.15, -0.1) is 0 Å². The van der Waals surface area contributed by atoms with Crippen LogP contribution in [0.4, 0.5) is 0 Å². The first-order valence-electron chi connectivity index (χ1n) is 8.85. The Morgan fingerprint density at radius 2 is 1.80 bits per heavy atom. The lowest BCUT2D eigenvalue weighted by atomic mass is 9.98. The monoisotopic (exact) mass is 340 g/mol. The average molecular weight is 340 g/mol.